The summed E-state index contributed by atoms with van der Waals surface area (Å²) in [4.78, 5) is 0. The van der Waals surface area contributed by atoms with Crippen molar-refractivity contribution in [3.05, 3.63) is 27.7 Å². The van der Waals surface area contributed by atoms with Crippen LogP contribution in [0.25, 0.3) is 0 Å². The lowest BCUT2D eigenvalue weighted by atomic mass is 9.99. The number of aryl methyl sites for hydroxylation is 1. The normalized spacial score (nSPS) is 16.4. The molecular weight excluding hydrogens is 270 g/mol. The number of hydrogen-bond acceptors (Lipinski definition) is 3. The van der Waals surface area contributed by atoms with Crippen LogP contribution < -0.4 is 10.5 Å². The lowest BCUT2D eigenvalue weighted by Gasteiger charge is -2.21. The van der Waals surface area contributed by atoms with Crippen molar-refractivity contribution >= 4 is 15.9 Å². The molecule has 0 aromatic heterocycles. The molecule has 1 aliphatic rings. The molecule has 0 radical (unpaired) electrons. The van der Waals surface area contributed by atoms with Crippen LogP contribution in [0.5, 0.6) is 5.75 Å². The average molecular weight is 286 g/mol. The van der Waals surface area contributed by atoms with Crippen molar-refractivity contribution in [1.82, 2.24) is 0 Å². The van der Waals surface area contributed by atoms with Gasteiger partial charge in [0.1, 0.15) is 5.75 Å². The highest BCUT2D eigenvalue weighted by Crippen LogP contribution is 2.36. The maximum Gasteiger partial charge on any atom is 0.136 e. The number of nitrogens with two attached hydrogens (primary N) is 1. The Morgan fingerprint density at radius 2 is 2.31 bits per heavy atom. The summed E-state index contributed by atoms with van der Waals surface area (Å²) in [5, 5.41) is 9.90. The number of aliphatic hydroxyl groups is 1. The fourth-order valence-corrected chi connectivity index (χ4v) is 2.61. The highest BCUT2D eigenvalue weighted by molar-refractivity contribution is 9.10. The van der Waals surface area contributed by atoms with E-state index < -0.39 is 6.10 Å². The first-order valence-electron chi connectivity index (χ1n) is 5.55. The average Bonchev–Trinajstić information content (AvgIpc) is 2.29. The van der Waals surface area contributed by atoms with Crippen molar-refractivity contribution in [1.29, 1.82) is 0 Å². The minimum Gasteiger partial charge on any atom is -0.492 e. The molecule has 0 aliphatic carbocycles. The molecule has 0 spiro atoms. The molecule has 1 aromatic rings. The lowest BCUT2D eigenvalue weighted by Crippen LogP contribution is -2.11. The van der Waals surface area contributed by atoms with Gasteiger partial charge < -0.3 is 15.6 Å². The van der Waals surface area contributed by atoms with Crippen LogP contribution in [0.3, 0.4) is 0 Å². The second-order valence-electron chi connectivity index (χ2n) is 4.04. The van der Waals surface area contributed by atoms with Crippen molar-refractivity contribution in [2.45, 2.75) is 25.4 Å². The second kappa shape index (κ2) is 5.17. The van der Waals surface area contributed by atoms with Crippen LogP contribution >= 0.6 is 15.9 Å². The van der Waals surface area contributed by atoms with Crippen LogP contribution in [0.2, 0.25) is 0 Å². The molecule has 1 aliphatic heterocycles. The van der Waals surface area contributed by atoms with Crippen LogP contribution in [0.15, 0.2) is 16.6 Å². The van der Waals surface area contributed by atoms with Gasteiger partial charge in [0.15, 0.2) is 0 Å². The Kier molecular flexibility index (Phi) is 3.84. The van der Waals surface area contributed by atoms with E-state index >= 15 is 0 Å². The number of fused-ring (bicyclic) bond motifs is 1. The third-order valence-electron chi connectivity index (χ3n) is 2.80. The van der Waals surface area contributed by atoms with E-state index in [2.05, 4.69) is 15.9 Å². The molecule has 1 atom stereocenters. The van der Waals surface area contributed by atoms with E-state index in [0.29, 0.717) is 13.0 Å². The zero-order valence-corrected chi connectivity index (χ0v) is 10.7. The van der Waals surface area contributed by atoms with Crippen LogP contribution in [-0.4, -0.2) is 18.3 Å². The molecule has 16 heavy (non-hydrogen) atoms. The van der Waals surface area contributed by atoms with Gasteiger partial charge in [-0.05, 0) is 65.0 Å². The Morgan fingerprint density at radius 3 is 3.06 bits per heavy atom. The summed E-state index contributed by atoms with van der Waals surface area (Å²) in [5.74, 6) is 0.926. The zero-order valence-electron chi connectivity index (χ0n) is 9.08. The molecule has 0 saturated heterocycles. The minimum absolute atomic E-state index is 0.478. The summed E-state index contributed by atoms with van der Waals surface area (Å²) in [6, 6.07) is 3.95. The predicted molar refractivity (Wildman–Crippen MR) is 66.6 cm³/mol. The minimum atomic E-state index is -0.478. The molecule has 0 amide bonds. The van der Waals surface area contributed by atoms with Crippen molar-refractivity contribution in [3.63, 3.8) is 0 Å². The molecule has 88 valence electrons. The quantitative estimate of drug-likeness (QED) is 0.895. The number of benzene rings is 1. The maximum absolute atomic E-state index is 9.90. The molecule has 3 nitrogen and oxygen atoms in total. The summed E-state index contributed by atoms with van der Waals surface area (Å²) in [7, 11) is 0. The van der Waals surface area contributed by atoms with Crippen molar-refractivity contribution in [3.8, 4) is 5.75 Å². The van der Waals surface area contributed by atoms with E-state index in [1.165, 1.54) is 5.56 Å². The molecule has 0 saturated carbocycles. The highest BCUT2D eigenvalue weighted by atomic mass is 79.9. The first kappa shape index (κ1) is 11.9. The summed E-state index contributed by atoms with van der Waals surface area (Å²) in [6.45, 7) is 1.27. The third kappa shape index (κ3) is 2.39. The summed E-state index contributed by atoms with van der Waals surface area (Å²) >= 11 is 3.48. The van der Waals surface area contributed by atoms with Gasteiger partial charge in [0.25, 0.3) is 0 Å². The SMILES string of the molecule is NCCC(O)c1cc(Br)c2c(c1)CCCO2. The number of ether oxygens (including phenoxy) is 1. The lowest BCUT2D eigenvalue weighted by molar-refractivity contribution is 0.170. The van der Waals surface area contributed by atoms with Gasteiger partial charge in [0, 0.05) is 0 Å². The van der Waals surface area contributed by atoms with E-state index in [0.717, 1.165) is 35.2 Å². The first-order valence-corrected chi connectivity index (χ1v) is 6.35. The molecule has 4 heteroatoms. The van der Waals surface area contributed by atoms with Gasteiger partial charge in [-0.25, -0.2) is 0 Å². The summed E-state index contributed by atoms with van der Waals surface area (Å²) < 4.78 is 6.52. The molecule has 2 rings (SSSR count). The molecule has 1 aromatic carbocycles. The fraction of sp³-hybridized carbons (Fsp3) is 0.500. The second-order valence-corrected chi connectivity index (χ2v) is 4.89. The van der Waals surface area contributed by atoms with Crippen LogP contribution in [0, 0.1) is 0 Å². The first-order chi connectivity index (χ1) is 7.72. The Bertz CT molecular complexity index is 382. The van der Waals surface area contributed by atoms with Gasteiger partial charge in [0.2, 0.25) is 0 Å². The van der Waals surface area contributed by atoms with Crippen LogP contribution in [0.1, 0.15) is 30.1 Å². The molecular formula is C12H16BrNO2. The topological polar surface area (TPSA) is 55.5 Å². The number of aliphatic hydroxyl groups excluding tert-OH is 1. The Hall–Kier alpha value is -0.580. The number of halogens is 1. The molecule has 3 N–H and O–H groups in total. The summed E-state index contributed by atoms with van der Waals surface area (Å²) in [5.41, 5.74) is 7.54. The van der Waals surface area contributed by atoms with Crippen LogP contribution in [-0.2, 0) is 6.42 Å². The highest BCUT2D eigenvalue weighted by Gasteiger charge is 2.17. The van der Waals surface area contributed by atoms with Gasteiger partial charge in [-0.3, -0.25) is 0 Å². The van der Waals surface area contributed by atoms with Gasteiger partial charge in [-0.2, -0.15) is 0 Å². The van der Waals surface area contributed by atoms with E-state index in [9.17, 15) is 5.11 Å². The third-order valence-corrected chi connectivity index (χ3v) is 3.39. The Morgan fingerprint density at radius 1 is 1.50 bits per heavy atom. The van der Waals surface area contributed by atoms with Crippen molar-refractivity contribution in [2.24, 2.45) is 5.73 Å². The van der Waals surface area contributed by atoms with Crippen LogP contribution in [0.4, 0.5) is 0 Å². The van der Waals surface area contributed by atoms with Crippen molar-refractivity contribution < 1.29 is 9.84 Å². The van der Waals surface area contributed by atoms with Gasteiger partial charge >= 0.3 is 0 Å². The van der Waals surface area contributed by atoms with E-state index in [4.69, 9.17) is 10.5 Å². The Balaban J connectivity index is 2.31. The molecule has 1 unspecified atom stereocenters. The largest absolute Gasteiger partial charge is 0.492 e. The smallest absolute Gasteiger partial charge is 0.136 e. The van der Waals surface area contributed by atoms with Gasteiger partial charge in [-0.1, -0.05) is 0 Å². The number of hydrogen-bond donors (Lipinski definition) is 2. The predicted octanol–water partition coefficient (Wildman–Crippen LogP) is 2.16. The Labute approximate surface area is 104 Å². The van der Waals surface area contributed by atoms with Gasteiger partial charge in [0.05, 0.1) is 17.2 Å². The van der Waals surface area contributed by atoms with E-state index in [-0.39, 0.29) is 0 Å². The molecule has 0 bridgehead atoms. The van der Waals surface area contributed by atoms with Gasteiger partial charge in [-0.15, -0.1) is 0 Å². The van der Waals surface area contributed by atoms with E-state index in [1.807, 2.05) is 12.1 Å². The fourth-order valence-electron chi connectivity index (χ4n) is 1.97. The maximum atomic E-state index is 9.90. The van der Waals surface area contributed by atoms with Crippen molar-refractivity contribution in [2.75, 3.05) is 13.2 Å². The molecule has 0 fully saturated rings. The number of rotatable bonds is 3. The summed E-state index contributed by atoms with van der Waals surface area (Å²) in [6.07, 6.45) is 2.16. The van der Waals surface area contributed by atoms with E-state index in [1.54, 1.807) is 0 Å². The standard InChI is InChI=1S/C12H16BrNO2/c13-10-7-9(11(15)3-4-14)6-8-2-1-5-16-12(8)10/h6-7,11,15H,1-5,14H2. The molecule has 1 heterocycles. The monoisotopic (exact) mass is 285 g/mol. The zero-order chi connectivity index (χ0) is 11.5.